The van der Waals surface area contributed by atoms with Crippen LogP contribution in [-0.2, 0) is 4.74 Å². The molecule has 31 heavy (non-hydrogen) atoms. The summed E-state index contributed by atoms with van der Waals surface area (Å²) >= 11 is 0. The highest BCUT2D eigenvalue weighted by Crippen LogP contribution is 2.60. The predicted molar refractivity (Wildman–Crippen MR) is 123 cm³/mol. The molecule has 3 N–H and O–H groups in total. The Morgan fingerprint density at radius 2 is 1.97 bits per heavy atom. The third-order valence-electron chi connectivity index (χ3n) is 8.65. The van der Waals surface area contributed by atoms with Crippen LogP contribution in [0.2, 0.25) is 0 Å². The van der Waals surface area contributed by atoms with Crippen LogP contribution in [0.5, 0.6) is 0 Å². The van der Waals surface area contributed by atoms with E-state index in [0.29, 0.717) is 36.7 Å². The van der Waals surface area contributed by atoms with Crippen molar-refractivity contribution in [2.24, 2.45) is 23.2 Å². The first kappa shape index (κ1) is 23.2. The zero-order valence-corrected chi connectivity index (χ0v) is 19.6. The minimum atomic E-state index is -0.628. The molecule has 1 saturated heterocycles. The Morgan fingerprint density at radius 3 is 2.71 bits per heavy atom. The molecule has 0 radical (unpaired) electrons. The molecule has 4 rings (SSSR count). The highest BCUT2D eigenvalue weighted by molar-refractivity contribution is 5.38. The van der Waals surface area contributed by atoms with Crippen LogP contribution in [0.3, 0.4) is 0 Å². The second-order valence-corrected chi connectivity index (χ2v) is 11.7. The Kier molecular flexibility index (Phi) is 6.58. The van der Waals surface area contributed by atoms with Crippen LogP contribution in [0.4, 0.5) is 0 Å². The highest BCUT2D eigenvalue weighted by atomic mass is 16.5. The van der Waals surface area contributed by atoms with E-state index in [1.165, 1.54) is 31.3 Å². The SMILES string of the molecule is C=C1/C(=C\C=C2/CCC[C@]3(C)[C@@H]([C@@H]4C[C@H](CC(C)(C)O)CO4)CC[C@@H]23)C[C@@H](O)C[C@@H]1O. The molecule has 0 aromatic rings. The van der Waals surface area contributed by atoms with E-state index in [2.05, 4.69) is 25.7 Å². The molecule has 4 nitrogen and oxygen atoms in total. The Bertz CT molecular complexity index is 745. The molecule has 7 atom stereocenters. The normalized spacial score (nSPS) is 44.3. The summed E-state index contributed by atoms with van der Waals surface area (Å²) in [7, 11) is 0. The number of hydrogen-bond donors (Lipinski definition) is 3. The van der Waals surface area contributed by atoms with E-state index in [1.807, 2.05) is 13.8 Å². The number of ether oxygens (including phenoxy) is 1. The smallest absolute Gasteiger partial charge is 0.0811 e. The minimum absolute atomic E-state index is 0.277. The number of fused-ring (bicyclic) bond motifs is 1. The van der Waals surface area contributed by atoms with Crippen molar-refractivity contribution in [3.8, 4) is 0 Å². The molecule has 4 aliphatic rings. The van der Waals surface area contributed by atoms with Crippen molar-refractivity contribution in [2.45, 2.75) is 102 Å². The minimum Gasteiger partial charge on any atom is -0.393 e. The van der Waals surface area contributed by atoms with Crippen LogP contribution >= 0.6 is 0 Å². The van der Waals surface area contributed by atoms with Crippen LogP contribution < -0.4 is 0 Å². The van der Waals surface area contributed by atoms with Gasteiger partial charge in [-0.25, -0.2) is 0 Å². The lowest BCUT2D eigenvalue weighted by Gasteiger charge is -2.44. The summed E-state index contributed by atoms with van der Waals surface area (Å²) in [5.41, 5.74) is 2.94. The molecular formula is C27H42O4. The molecule has 0 spiro atoms. The van der Waals surface area contributed by atoms with Gasteiger partial charge in [-0.3, -0.25) is 0 Å². The van der Waals surface area contributed by atoms with E-state index in [0.717, 1.165) is 37.0 Å². The van der Waals surface area contributed by atoms with Crippen molar-refractivity contribution in [1.29, 1.82) is 0 Å². The maximum atomic E-state index is 10.2. The maximum absolute atomic E-state index is 10.2. The van der Waals surface area contributed by atoms with Crippen molar-refractivity contribution >= 4 is 0 Å². The largest absolute Gasteiger partial charge is 0.393 e. The number of aliphatic hydroxyl groups excluding tert-OH is 2. The summed E-state index contributed by atoms with van der Waals surface area (Å²) in [4.78, 5) is 0. The lowest BCUT2D eigenvalue weighted by Crippen LogP contribution is -2.38. The first-order valence-corrected chi connectivity index (χ1v) is 12.4. The zero-order chi connectivity index (χ0) is 22.4. The molecule has 0 amide bonds. The topological polar surface area (TPSA) is 69.9 Å². The number of allylic oxidation sites excluding steroid dienone is 3. The fourth-order valence-corrected chi connectivity index (χ4v) is 7.21. The van der Waals surface area contributed by atoms with Gasteiger partial charge in [0.05, 0.1) is 23.9 Å². The molecule has 1 heterocycles. The average Bonchev–Trinajstić information content (AvgIpc) is 3.25. The van der Waals surface area contributed by atoms with E-state index in [4.69, 9.17) is 4.74 Å². The fraction of sp³-hybridized carbons (Fsp3) is 0.778. The van der Waals surface area contributed by atoms with Gasteiger partial charge >= 0.3 is 0 Å². The molecule has 1 aliphatic heterocycles. The number of hydrogen-bond acceptors (Lipinski definition) is 4. The Balaban J connectivity index is 1.47. The standard InChI is InChI=1S/C27H42O4/c1-17-20(13-21(28)14-24(17)29)8-7-19-6-5-11-27(4)22(19)9-10-23(27)25-12-18(16-31-25)15-26(2,3)30/h7-8,18,21-25,28-30H,1,5-6,9-16H2,2-4H3/b19-7+,20-8-/t18-,21-,22+,23-,24+,25+,27+/m1/s1. The number of rotatable bonds is 4. The Morgan fingerprint density at radius 1 is 1.19 bits per heavy atom. The van der Waals surface area contributed by atoms with Gasteiger partial charge in [-0.15, -0.1) is 0 Å². The molecular weight excluding hydrogens is 388 g/mol. The van der Waals surface area contributed by atoms with Crippen LogP contribution in [-0.4, -0.2) is 45.8 Å². The third-order valence-corrected chi connectivity index (χ3v) is 8.65. The van der Waals surface area contributed by atoms with Gasteiger partial charge in [0, 0.05) is 13.0 Å². The average molecular weight is 431 g/mol. The Hall–Kier alpha value is -0.940. The van der Waals surface area contributed by atoms with E-state index in [1.54, 1.807) is 0 Å². The van der Waals surface area contributed by atoms with E-state index >= 15 is 0 Å². The first-order chi connectivity index (χ1) is 14.6. The maximum Gasteiger partial charge on any atom is 0.0811 e. The van der Waals surface area contributed by atoms with Gasteiger partial charge in [0.25, 0.3) is 0 Å². The second kappa shape index (κ2) is 8.78. The van der Waals surface area contributed by atoms with Gasteiger partial charge in [0.2, 0.25) is 0 Å². The second-order valence-electron chi connectivity index (χ2n) is 11.7. The van der Waals surface area contributed by atoms with Crippen LogP contribution in [0.1, 0.15) is 78.6 Å². The zero-order valence-electron chi connectivity index (χ0n) is 19.6. The van der Waals surface area contributed by atoms with Crippen molar-refractivity contribution < 1.29 is 20.1 Å². The van der Waals surface area contributed by atoms with Crippen LogP contribution in [0.15, 0.2) is 35.5 Å². The molecule has 0 aromatic heterocycles. The van der Waals surface area contributed by atoms with E-state index in [9.17, 15) is 15.3 Å². The van der Waals surface area contributed by atoms with Gasteiger partial charge in [-0.05, 0) is 99.5 Å². The number of aliphatic hydroxyl groups is 3. The summed E-state index contributed by atoms with van der Waals surface area (Å²) in [6, 6.07) is 0. The van der Waals surface area contributed by atoms with Gasteiger partial charge in [-0.1, -0.05) is 31.2 Å². The van der Waals surface area contributed by atoms with Gasteiger partial charge in [-0.2, -0.15) is 0 Å². The molecule has 4 fully saturated rings. The van der Waals surface area contributed by atoms with Crippen molar-refractivity contribution in [3.05, 3.63) is 35.5 Å². The molecule has 0 aromatic carbocycles. The molecule has 4 heteroatoms. The van der Waals surface area contributed by atoms with Crippen molar-refractivity contribution in [2.75, 3.05) is 6.61 Å². The van der Waals surface area contributed by atoms with Crippen molar-refractivity contribution in [1.82, 2.24) is 0 Å². The summed E-state index contributed by atoms with van der Waals surface area (Å²) in [6.07, 6.45) is 12.5. The van der Waals surface area contributed by atoms with Gasteiger partial charge in [0.1, 0.15) is 0 Å². The van der Waals surface area contributed by atoms with Gasteiger partial charge in [0.15, 0.2) is 0 Å². The lowest BCUT2D eigenvalue weighted by molar-refractivity contribution is -0.00224. The molecule has 3 aliphatic carbocycles. The van der Waals surface area contributed by atoms with E-state index < -0.39 is 17.8 Å². The van der Waals surface area contributed by atoms with E-state index in [-0.39, 0.29) is 5.41 Å². The Labute approximate surface area is 188 Å². The third kappa shape index (κ3) is 4.88. The first-order valence-electron chi connectivity index (χ1n) is 12.4. The molecule has 3 saturated carbocycles. The molecule has 0 unspecified atom stereocenters. The van der Waals surface area contributed by atoms with Crippen molar-refractivity contribution in [3.63, 3.8) is 0 Å². The van der Waals surface area contributed by atoms with Crippen LogP contribution in [0, 0.1) is 23.2 Å². The summed E-state index contributed by atoms with van der Waals surface area (Å²) < 4.78 is 6.33. The quantitative estimate of drug-likeness (QED) is 0.605. The predicted octanol–water partition coefficient (Wildman–Crippen LogP) is 4.69. The molecule has 0 bridgehead atoms. The summed E-state index contributed by atoms with van der Waals surface area (Å²) in [5, 5.41) is 30.4. The molecule has 174 valence electrons. The van der Waals surface area contributed by atoms with Gasteiger partial charge < -0.3 is 20.1 Å². The monoisotopic (exact) mass is 430 g/mol. The summed E-state index contributed by atoms with van der Waals surface area (Å²) in [6.45, 7) is 11.1. The highest BCUT2D eigenvalue weighted by Gasteiger charge is 2.53. The van der Waals surface area contributed by atoms with Crippen LogP contribution in [0.25, 0.3) is 0 Å². The lowest BCUT2D eigenvalue weighted by atomic mass is 9.62. The fourth-order valence-electron chi connectivity index (χ4n) is 7.21. The summed E-state index contributed by atoms with van der Waals surface area (Å²) in [5.74, 6) is 1.65.